The third kappa shape index (κ3) is 4.77. The van der Waals surface area contributed by atoms with E-state index in [1.165, 1.54) is 12.1 Å². The predicted molar refractivity (Wildman–Crippen MR) is 95.4 cm³/mol. The number of nitrogens with one attached hydrogen (secondary N) is 1. The molecule has 2 aromatic rings. The van der Waals surface area contributed by atoms with Crippen molar-refractivity contribution in [3.63, 3.8) is 0 Å². The van der Waals surface area contributed by atoms with Crippen LogP contribution in [0.5, 0.6) is 5.75 Å². The predicted octanol–water partition coefficient (Wildman–Crippen LogP) is 3.80. The summed E-state index contributed by atoms with van der Waals surface area (Å²) in [5.41, 5.74) is 3.52. The second-order valence-electron chi connectivity index (χ2n) is 5.02. The zero-order valence-corrected chi connectivity index (χ0v) is 14.4. The maximum atomic E-state index is 12.1. The van der Waals surface area contributed by atoms with Gasteiger partial charge in [-0.15, -0.1) is 0 Å². The normalized spacial score (nSPS) is 11.1. The first-order chi connectivity index (χ1) is 11.9. The lowest BCUT2D eigenvalue weighted by molar-refractivity contribution is -0.384. The number of hydrogen-bond acceptors (Lipinski definition) is 5. The zero-order valence-electron chi connectivity index (χ0n) is 13.7. The van der Waals surface area contributed by atoms with Crippen LogP contribution in [-0.2, 0) is 0 Å². The molecule has 0 spiro atoms. The van der Waals surface area contributed by atoms with Crippen molar-refractivity contribution in [2.45, 2.75) is 13.8 Å². The van der Waals surface area contributed by atoms with Crippen LogP contribution in [0.25, 0.3) is 0 Å². The highest BCUT2D eigenvalue weighted by molar-refractivity contribution is 6.32. The van der Waals surface area contributed by atoms with Crippen LogP contribution in [0.15, 0.2) is 47.6 Å². The summed E-state index contributed by atoms with van der Waals surface area (Å²) in [6, 6.07) is 11.0. The number of nitrogens with zero attached hydrogens (tertiary/aromatic N) is 2. The van der Waals surface area contributed by atoms with Gasteiger partial charge in [-0.3, -0.25) is 14.9 Å². The second kappa shape index (κ2) is 8.25. The van der Waals surface area contributed by atoms with Crippen LogP contribution in [0.2, 0.25) is 5.02 Å². The van der Waals surface area contributed by atoms with Gasteiger partial charge in [0.15, 0.2) is 0 Å². The highest BCUT2D eigenvalue weighted by Gasteiger charge is 2.14. The molecule has 0 aliphatic rings. The van der Waals surface area contributed by atoms with Crippen LogP contribution in [0, 0.1) is 10.1 Å². The van der Waals surface area contributed by atoms with Gasteiger partial charge in [0.25, 0.3) is 11.6 Å². The van der Waals surface area contributed by atoms with Crippen LogP contribution in [0.1, 0.15) is 29.8 Å². The van der Waals surface area contributed by atoms with Crippen molar-refractivity contribution in [1.29, 1.82) is 0 Å². The van der Waals surface area contributed by atoms with Crippen molar-refractivity contribution >= 4 is 28.9 Å². The van der Waals surface area contributed by atoms with Crippen molar-refractivity contribution < 1.29 is 14.5 Å². The maximum absolute atomic E-state index is 12.1. The van der Waals surface area contributed by atoms with Gasteiger partial charge in [0.05, 0.1) is 17.2 Å². The molecule has 0 saturated heterocycles. The summed E-state index contributed by atoms with van der Waals surface area (Å²) < 4.78 is 5.31. The molecular formula is C17H16ClN3O4. The van der Waals surface area contributed by atoms with Crippen LogP contribution < -0.4 is 10.2 Å². The van der Waals surface area contributed by atoms with Crippen LogP contribution in [-0.4, -0.2) is 23.1 Å². The van der Waals surface area contributed by atoms with E-state index >= 15 is 0 Å². The largest absolute Gasteiger partial charge is 0.494 e. The summed E-state index contributed by atoms with van der Waals surface area (Å²) in [5.74, 6) is 0.276. The zero-order chi connectivity index (χ0) is 18.4. The number of hydrazone groups is 1. The molecule has 2 aromatic carbocycles. The molecule has 0 unspecified atom stereocenters. The van der Waals surface area contributed by atoms with E-state index in [4.69, 9.17) is 16.3 Å². The standard InChI is InChI=1S/C17H16ClN3O4/c1-3-25-14-7-4-12(5-8-14)17(22)20-19-11(2)13-6-9-15(18)16(10-13)21(23)24/h4-10H,3H2,1-2H3,(H,20,22)/b19-11-. The molecule has 25 heavy (non-hydrogen) atoms. The molecule has 0 aromatic heterocycles. The fraction of sp³-hybridized carbons (Fsp3) is 0.176. The van der Waals surface area contributed by atoms with E-state index in [-0.39, 0.29) is 10.7 Å². The number of halogens is 1. The van der Waals surface area contributed by atoms with Crippen LogP contribution >= 0.6 is 11.6 Å². The fourth-order valence-corrected chi connectivity index (χ4v) is 2.20. The van der Waals surface area contributed by atoms with Gasteiger partial charge in [-0.1, -0.05) is 17.7 Å². The topological polar surface area (TPSA) is 93.8 Å². The summed E-state index contributed by atoms with van der Waals surface area (Å²) in [4.78, 5) is 22.4. The summed E-state index contributed by atoms with van der Waals surface area (Å²) in [6.07, 6.45) is 0. The lowest BCUT2D eigenvalue weighted by Gasteiger charge is -2.05. The monoisotopic (exact) mass is 361 g/mol. The first kappa shape index (κ1) is 18.4. The van der Waals surface area contributed by atoms with E-state index in [9.17, 15) is 14.9 Å². The molecule has 7 nitrogen and oxygen atoms in total. The minimum Gasteiger partial charge on any atom is -0.494 e. The van der Waals surface area contributed by atoms with E-state index in [0.29, 0.717) is 29.2 Å². The number of nitro benzene ring substituents is 1. The number of rotatable bonds is 6. The van der Waals surface area contributed by atoms with Gasteiger partial charge >= 0.3 is 0 Å². The van der Waals surface area contributed by atoms with Gasteiger partial charge in [0.2, 0.25) is 0 Å². The average molecular weight is 362 g/mol. The van der Waals surface area contributed by atoms with Crippen molar-refractivity contribution in [1.82, 2.24) is 5.43 Å². The molecule has 0 saturated carbocycles. The molecule has 2 rings (SSSR count). The van der Waals surface area contributed by atoms with Gasteiger partial charge in [-0.25, -0.2) is 5.43 Å². The van der Waals surface area contributed by atoms with E-state index in [0.717, 1.165) is 0 Å². The Hall–Kier alpha value is -2.93. The smallest absolute Gasteiger partial charge is 0.288 e. The number of ether oxygens (including phenoxy) is 1. The van der Waals surface area contributed by atoms with Gasteiger partial charge < -0.3 is 4.74 Å². The summed E-state index contributed by atoms with van der Waals surface area (Å²) in [5, 5.41) is 14.9. The highest BCUT2D eigenvalue weighted by Crippen LogP contribution is 2.25. The first-order valence-electron chi connectivity index (χ1n) is 7.44. The molecule has 1 N–H and O–H groups in total. The first-order valence-corrected chi connectivity index (χ1v) is 7.82. The Morgan fingerprint density at radius 1 is 1.24 bits per heavy atom. The van der Waals surface area contributed by atoms with Crippen LogP contribution in [0.4, 0.5) is 5.69 Å². The molecule has 0 aliphatic heterocycles. The Morgan fingerprint density at radius 2 is 1.88 bits per heavy atom. The van der Waals surface area contributed by atoms with E-state index < -0.39 is 10.8 Å². The molecule has 130 valence electrons. The van der Waals surface area contributed by atoms with Crippen molar-refractivity contribution in [2.75, 3.05) is 6.61 Å². The van der Waals surface area contributed by atoms with E-state index in [1.807, 2.05) is 6.92 Å². The van der Waals surface area contributed by atoms with E-state index in [2.05, 4.69) is 10.5 Å². The molecule has 1 amide bonds. The van der Waals surface area contributed by atoms with E-state index in [1.54, 1.807) is 37.3 Å². The van der Waals surface area contributed by atoms with Crippen molar-refractivity contribution in [3.05, 3.63) is 68.7 Å². The number of carbonyl (C=O) groups excluding carboxylic acids is 1. The summed E-state index contributed by atoms with van der Waals surface area (Å²) >= 11 is 5.78. The Labute approximate surface area is 149 Å². The van der Waals surface area contributed by atoms with Gasteiger partial charge in [-0.2, -0.15) is 5.10 Å². The minimum atomic E-state index is -0.572. The number of carbonyl (C=O) groups is 1. The number of hydrogen-bond donors (Lipinski definition) is 1. The number of amides is 1. The molecular weight excluding hydrogens is 346 g/mol. The van der Waals surface area contributed by atoms with Crippen molar-refractivity contribution in [3.8, 4) is 5.75 Å². The SMILES string of the molecule is CCOc1ccc(C(=O)N/N=C(/C)c2ccc(Cl)c([N+](=O)[O-])c2)cc1. The Bertz CT molecular complexity index is 819. The third-order valence-corrected chi connectivity index (χ3v) is 3.63. The molecule has 0 aliphatic carbocycles. The molecule has 0 bridgehead atoms. The molecule has 0 heterocycles. The molecule has 0 fully saturated rings. The fourth-order valence-electron chi connectivity index (χ4n) is 2.01. The lowest BCUT2D eigenvalue weighted by Crippen LogP contribution is -2.19. The van der Waals surface area contributed by atoms with Gasteiger partial charge in [0.1, 0.15) is 10.8 Å². The molecule has 0 radical (unpaired) electrons. The minimum absolute atomic E-state index is 0.0416. The maximum Gasteiger partial charge on any atom is 0.288 e. The molecule has 0 atom stereocenters. The lowest BCUT2D eigenvalue weighted by atomic mass is 10.1. The highest BCUT2D eigenvalue weighted by atomic mass is 35.5. The van der Waals surface area contributed by atoms with Crippen molar-refractivity contribution in [2.24, 2.45) is 5.10 Å². The third-order valence-electron chi connectivity index (χ3n) is 3.31. The van der Waals surface area contributed by atoms with Gasteiger partial charge in [-0.05, 0) is 44.2 Å². The molecule has 8 heteroatoms. The summed E-state index contributed by atoms with van der Waals surface area (Å²) in [7, 11) is 0. The van der Waals surface area contributed by atoms with Gasteiger partial charge in [0, 0.05) is 17.2 Å². The summed E-state index contributed by atoms with van der Waals surface area (Å²) in [6.45, 7) is 4.05. The Morgan fingerprint density at radius 3 is 2.48 bits per heavy atom. The van der Waals surface area contributed by atoms with Crippen LogP contribution in [0.3, 0.4) is 0 Å². The second-order valence-corrected chi connectivity index (χ2v) is 5.43. The Balaban J connectivity index is 2.11. The number of nitro groups is 1. The number of benzene rings is 2. The quantitative estimate of drug-likeness (QED) is 0.481. The average Bonchev–Trinajstić information content (AvgIpc) is 2.60. The Kier molecular flexibility index (Phi) is 6.08.